The molecule has 0 aliphatic rings. The van der Waals surface area contributed by atoms with Gasteiger partial charge in [0.1, 0.15) is 13.2 Å². The van der Waals surface area contributed by atoms with Gasteiger partial charge in [0.2, 0.25) is 0 Å². The molecule has 0 aromatic carbocycles. The zero-order valence-corrected chi connectivity index (χ0v) is 49.9. The van der Waals surface area contributed by atoms with Gasteiger partial charge in [-0.15, -0.1) is 0 Å². The summed E-state index contributed by atoms with van der Waals surface area (Å²) in [6, 6.07) is 0. The van der Waals surface area contributed by atoms with Crippen molar-refractivity contribution in [2.24, 2.45) is 0 Å². The first kappa shape index (κ1) is 72.5. The molecule has 6 nitrogen and oxygen atoms in total. The van der Waals surface area contributed by atoms with E-state index in [0.717, 1.165) is 148 Å². The molecule has 0 heterocycles. The van der Waals surface area contributed by atoms with Gasteiger partial charge in [-0.05, 0) is 116 Å². The highest BCUT2D eigenvalue weighted by molar-refractivity contribution is 5.71. The highest BCUT2D eigenvalue weighted by Crippen LogP contribution is 2.15. The number of carbonyl (C=O) groups is 3. The van der Waals surface area contributed by atoms with E-state index in [2.05, 4.69) is 154 Å². The smallest absolute Gasteiger partial charge is 0.306 e. The molecule has 0 saturated carbocycles. The van der Waals surface area contributed by atoms with Crippen LogP contribution >= 0.6 is 0 Å². The van der Waals surface area contributed by atoms with Gasteiger partial charge in [-0.2, -0.15) is 0 Å². The van der Waals surface area contributed by atoms with E-state index >= 15 is 0 Å². The van der Waals surface area contributed by atoms with Crippen LogP contribution in [-0.4, -0.2) is 37.2 Å². The number of rotatable bonds is 56. The average molecular weight is 1070 g/mol. The van der Waals surface area contributed by atoms with E-state index in [-0.39, 0.29) is 31.1 Å². The lowest BCUT2D eigenvalue weighted by molar-refractivity contribution is -0.167. The Balaban J connectivity index is 4.27. The third-order valence-corrected chi connectivity index (χ3v) is 13.2. The molecule has 0 N–H and O–H groups in total. The fourth-order valence-corrected chi connectivity index (χ4v) is 8.47. The molecular weight excluding hydrogens is 949 g/mol. The first-order valence-electron chi connectivity index (χ1n) is 31.7. The van der Waals surface area contributed by atoms with Gasteiger partial charge in [0, 0.05) is 19.3 Å². The maximum Gasteiger partial charge on any atom is 0.306 e. The second-order valence-corrected chi connectivity index (χ2v) is 20.6. The number of unbranched alkanes of at least 4 members (excludes halogenated alkanes) is 23. The second-order valence-electron chi connectivity index (χ2n) is 20.6. The molecule has 0 aliphatic carbocycles. The fourth-order valence-electron chi connectivity index (χ4n) is 8.47. The van der Waals surface area contributed by atoms with Crippen molar-refractivity contribution in [2.75, 3.05) is 13.2 Å². The average Bonchev–Trinajstić information content (AvgIpc) is 3.43. The van der Waals surface area contributed by atoms with Crippen molar-refractivity contribution in [1.29, 1.82) is 0 Å². The molecule has 436 valence electrons. The van der Waals surface area contributed by atoms with Gasteiger partial charge in [0.15, 0.2) is 6.10 Å². The van der Waals surface area contributed by atoms with Crippen molar-refractivity contribution in [3.05, 3.63) is 134 Å². The van der Waals surface area contributed by atoms with Crippen LogP contribution < -0.4 is 0 Å². The van der Waals surface area contributed by atoms with Gasteiger partial charge in [-0.25, -0.2) is 0 Å². The number of allylic oxidation sites excluding steroid dienone is 22. The maximum atomic E-state index is 12.9. The lowest BCUT2D eigenvalue weighted by Gasteiger charge is -2.18. The topological polar surface area (TPSA) is 78.9 Å². The molecular formula is C71H116O6. The van der Waals surface area contributed by atoms with Crippen molar-refractivity contribution in [1.82, 2.24) is 0 Å². The Bertz CT molecular complexity index is 1650. The summed E-state index contributed by atoms with van der Waals surface area (Å²) in [4.78, 5) is 38.2. The minimum Gasteiger partial charge on any atom is -0.462 e. The van der Waals surface area contributed by atoms with E-state index < -0.39 is 6.10 Å². The van der Waals surface area contributed by atoms with Gasteiger partial charge >= 0.3 is 17.9 Å². The first-order valence-corrected chi connectivity index (χ1v) is 31.7. The number of ether oxygens (including phenoxy) is 3. The zero-order valence-electron chi connectivity index (χ0n) is 49.9. The molecule has 6 heteroatoms. The summed E-state index contributed by atoms with van der Waals surface area (Å²) >= 11 is 0. The molecule has 0 spiro atoms. The van der Waals surface area contributed by atoms with Crippen LogP contribution in [0.4, 0.5) is 0 Å². The highest BCUT2D eigenvalue weighted by atomic mass is 16.6. The third kappa shape index (κ3) is 62.3. The van der Waals surface area contributed by atoms with E-state index in [9.17, 15) is 14.4 Å². The van der Waals surface area contributed by atoms with Crippen molar-refractivity contribution in [3.8, 4) is 0 Å². The van der Waals surface area contributed by atoms with Gasteiger partial charge < -0.3 is 14.2 Å². The molecule has 0 saturated heterocycles. The Morgan fingerprint density at radius 3 is 0.792 bits per heavy atom. The largest absolute Gasteiger partial charge is 0.462 e. The molecule has 77 heavy (non-hydrogen) atoms. The lowest BCUT2D eigenvalue weighted by atomic mass is 10.1. The van der Waals surface area contributed by atoms with Crippen LogP contribution in [-0.2, 0) is 28.6 Å². The lowest BCUT2D eigenvalue weighted by Crippen LogP contribution is -2.30. The highest BCUT2D eigenvalue weighted by Gasteiger charge is 2.19. The molecule has 0 aliphatic heterocycles. The standard InChI is InChI=1S/C71H116O6/c1-4-7-10-13-16-19-21-23-25-27-29-31-32-33-34-35-36-37-38-40-41-43-45-47-49-52-55-58-61-64-70(73)76-67-68(66-75-69(72)63-60-57-54-51-18-15-12-9-6-3)77-71(74)65-62-59-56-53-50-48-46-44-42-39-30-28-26-24-22-20-17-14-11-8-5-2/h7-8,10-11,16-17,19-20,23-26,29-31,33-34,36-37,39,44,46,68H,4-6,9,12-15,18,21-22,27-28,32,35,38,40-43,45,47-67H2,1-3H3/b10-7-,11-8-,19-16-,20-17-,25-23-,26-24-,31-29-,34-33-,37-36-,39-30-,46-44-. The molecule has 0 aromatic rings. The van der Waals surface area contributed by atoms with Crippen LogP contribution in [0, 0.1) is 0 Å². The van der Waals surface area contributed by atoms with Crippen LogP contribution in [0.25, 0.3) is 0 Å². The zero-order chi connectivity index (χ0) is 55.7. The fraction of sp³-hybridized carbons (Fsp3) is 0.648. The van der Waals surface area contributed by atoms with Crippen LogP contribution in [0.1, 0.15) is 278 Å². The summed E-state index contributed by atoms with van der Waals surface area (Å²) in [6.45, 7) is 6.38. The summed E-state index contributed by atoms with van der Waals surface area (Å²) in [5.41, 5.74) is 0. The Morgan fingerprint density at radius 2 is 0.506 bits per heavy atom. The van der Waals surface area contributed by atoms with Gasteiger partial charge in [0.05, 0.1) is 0 Å². The molecule has 0 rings (SSSR count). The minimum atomic E-state index is -0.793. The van der Waals surface area contributed by atoms with Gasteiger partial charge in [-0.3, -0.25) is 14.4 Å². The summed E-state index contributed by atoms with van der Waals surface area (Å²) in [6.07, 6.45) is 90.3. The third-order valence-electron chi connectivity index (χ3n) is 13.2. The Labute approximate surface area is 475 Å². The Hall–Kier alpha value is -4.45. The van der Waals surface area contributed by atoms with Crippen molar-refractivity contribution in [2.45, 2.75) is 284 Å². The van der Waals surface area contributed by atoms with E-state index in [1.165, 1.54) is 89.9 Å². The van der Waals surface area contributed by atoms with E-state index in [4.69, 9.17) is 14.2 Å². The molecule has 1 atom stereocenters. The molecule has 0 radical (unpaired) electrons. The predicted molar refractivity (Wildman–Crippen MR) is 334 cm³/mol. The normalized spacial score (nSPS) is 13.0. The molecule has 1 unspecified atom stereocenters. The van der Waals surface area contributed by atoms with Crippen LogP contribution in [0.3, 0.4) is 0 Å². The SMILES string of the molecule is CC/C=C\C/C=C\C/C=C\C/C=C\C/C=C\C/C=C\CCCCCCCCCCCCC(=O)OCC(COC(=O)CCCCCCCCCCC)OC(=O)CCCCCCC/C=C\C/C=C\C/C=C\C/C=C\C/C=C\CC. The monoisotopic (exact) mass is 1060 g/mol. The predicted octanol–water partition coefficient (Wildman–Crippen LogP) is 21.8. The van der Waals surface area contributed by atoms with Gasteiger partial charge in [-0.1, -0.05) is 276 Å². The van der Waals surface area contributed by atoms with Crippen molar-refractivity contribution in [3.63, 3.8) is 0 Å². The maximum absolute atomic E-state index is 12.9. The van der Waals surface area contributed by atoms with Crippen LogP contribution in [0.15, 0.2) is 134 Å². The molecule has 0 bridgehead atoms. The van der Waals surface area contributed by atoms with E-state index in [0.29, 0.717) is 19.3 Å². The van der Waals surface area contributed by atoms with E-state index in [1.807, 2.05) is 0 Å². The summed E-state index contributed by atoms with van der Waals surface area (Å²) < 4.78 is 16.9. The summed E-state index contributed by atoms with van der Waals surface area (Å²) in [5, 5.41) is 0. The minimum absolute atomic E-state index is 0.0887. The molecule has 0 fully saturated rings. The number of esters is 3. The van der Waals surface area contributed by atoms with Crippen molar-refractivity contribution < 1.29 is 28.6 Å². The first-order chi connectivity index (χ1) is 38.0. The number of hydrogen-bond donors (Lipinski definition) is 0. The summed E-state index contributed by atoms with van der Waals surface area (Å²) in [5.74, 6) is -0.914. The van der Waals surface area contributed by atoms with Crippen molar-refractivity contribution >= 4 is 17.9 Å². The van der Waals surface area contributed by atoms with Crippen LogP contribution in [0.2, 0.25) is 0 Å². The molecule has 0 aromatic heterocycles. The second kappa shape index (κ2) is 64.1. The Morgan fingerprint density at radius 1 is 0.273 bits per heavy atom. The van der Waals surface area contributed by atoms with E-state index in [1.54, 1.807) is 0 Å². The number of hydrogen-bond acceptors (Lipinski definition) is 6. The quantitative estimate of drug-likeness (QED) is 0.0261. The number of carbonyl (C=O) groups excluding carboxylic acids is 3. The molecule has 0 amide bonds. The van der Waals surface area contributed by atoms with Gasteiger partial charge in [0.25, 0.3) is 0 Å². The summed E-state index contributed by atoms with van der Waals surface area (Å²) in [7, 11) is 0. The Kier molecular flexibility index (Phi) is 60.4. The van der Waals surface area contributed by atoms with Crippen LogP contribution in [0.5, 0.6) is 0 Å².